The molecular weight excluding hydrogens is 324 g/mol. The summed E-state index contributed by atoms with van der Waals surface area (Å²) in [4.78, 5) is 13.3. The molecule has 0 aliphatic heterocycles. The summed E-state index contributed by atoms with van der Waals surface area (Å²) in [5.74, 6) is 0.174. The molecule has 1 aliphatic carbocycles. The molecule has 0 saturated heterocycles. The van der Waals surface area contributed by atoms with Crippen LogP contribution in [0.1, 0.15) is 28.8 Å². The van der Waals surface area contributed by atoms with Gasteiger partial charge in [-0.3, -0.25) is 4.79 Å². The number of thioether (sulfide) groups is 1. The minimum atomic E-state index is -0.106. The maximum atomic E-state index is 12.0. The second kappa shape index (κ2) is 6.56. The molecule has 0 atom stereocenters. The number of rotatable bonds is 4. The van der Waals surface area contributed by atoms with E-state index in [1.165, 1.54) is 34.4 Å². The Kier molecular flexibility index (Phi) is 4.53. The largest absolute Gasteiger partial charge is 0.316 e. The number of nitrogens with one attached hydrogen (secondary N) is 1. The molecule has 108 valence electrons. The van der Waals surface area contributed by atoms with Gasteiger partial charge >= 0.3 is 0 Å². The predicted molar refractivity (Wildman–Crippen MR) is 84.9 cm³/mol. The van der Waals surface area contributed by atoms with Gasteiger partial charge in [0.2, 0.25) is 5.91 Å². The second-order valence-corrected chi connectivity index (χ2v) is 7.73. The summed E-state index contributed by atoms with van der Waals surface area (Å²) in [5.41, 5.74) is 3.44. The Hall–Kier alpha value is -1.43. The van der Waals surface area contributed by atoms with Gasteiger partial charge in [-0.05, 0) is 31.2 Å². The number of thiophene rings is 1. The normalized spacial score (nSPS) is 13.5. The fraction of sp³-hybridized carbons (Fsp3) is 0.385. The number of hydrogen-bond acceptors (Lipinski definition) is 7. The first kappa shape index (κ1) is 14.5. The summed E-state index contributed by atoms with van der Waals surface area (Å²) in [5, 5.41) is 20.5. The quantitative estimate of drug-likeness (QED) is 0.868. The van der Waals surface area contributed by atoms with Gasteiger partial charge < -0.3 is 5.32 Å². The molecular formula is C13H12N4OS3. The maximum Gasteiger partial charge on any atom is 0.235 e. The van der Waals surface area contributed by atoms with E-state index >= 15 is 0 Å². The Balaban J connectivity index is 1.68. The van der Waals surface area contributed by atoms with Crippen LogP contribution in [0.3, 0.4) is 0 Å². The molecule has 3 rings (SSSR count). The molecule has 8 heteroatoms. The lowest BCUT2D eigenvalue weighted by Gasteiger charge is -2.09. The van der Waals surface area contributed by atoms with Crippen molar-refractivity contribution in [3.8, 4) is 6.07 Å². The number of fused-ring (bicyclic) bond motifs is 1. The topological polar surface area (TPSA) is 78.7 Å². The van der Waals surface area contributed by atoms with Crippen LogP contribution in [0.5, 0.6) is 0 Å². The highest BCUT2D eigenvalue weighted by Crippen LogP contribution is 2.37. The summed E-state index contributed by atoms with van der Waals surface area (Å²) < 4.78 is 0.774. The van der Waals surface area contributed by atoms with E-state index in [-0.39, 0.29) is 11.7 Å². The minimum absolute atomic E-state index is 0.106. The molecule has 5 nitrogen and oxygen atoms in total. The van der Waals surface area contributed by atoms with Crippen molar-refractivity contribution in [2.45, 2.75) is 30.0 Å². The molecule has 0 radical (unpaired) electrons. The van der Waals surface area contributed by atoms with Crippen molar-refractivity contribution >= 4 is 45.3 Å². The van der Waals surface area contributed by atoms with Crippen molar-refractivity contribution < 1.29 is 4.79 Å². The Bertz CT molecular complexity index is 687. The number of carbonyl (C=O) groups is 1. The fourth-order valence-corrected chi connectivity index (χ4v) is 4.83. The van der Waals surface area contributed by atoms with Gasteiger partial charge in [-0.25, -0.2) is 0 Å². The van der Waals surface area contributed by atoms with Crippen molar-refractivity contribution in [3.63, 3.8) is 0 Å². The van der Waals surface area contributed by atoms with Crippen molar-refractivity contribution in [1.82, 2.24) is 10.2 Å². The van der Waals surface area contributed by atoms with E-state index in [0.29, 0.717) is 10.6 Å². The van der Waals surface area contributed by atoms with Crippen LogP contribution in [0.2, 0.25) is 0 Å². The third-order valence-corrected chi connectivity index (χ3v) is 6.27. The Morgan fingerprint density at radius 2 is 2.33 bits per heavy atom. The van der Waals surface area contributed by atoms with Gasteiger partial charge in [0.25, 0.3) is 0 Å². The van der Waals surface area contributed by atoms with Crippen LogP contribution in [0, 0.1) is 11.3 Å². The van der Waals surface area contributed by atoms with Gasteiger partial charge in [0, 0.05) is 4.88 Å². The zero-order valence-electron chi connectivity index (χ0n) is 11.1. The highest BCUT2D eigenvalue weighted by atomic mass is 32.2. The number of hydrogen-bond donors (Lipinski definition) is 1. The van der Waals surface area contributed by atoms with E-state index in [9.17, 15) is 10.1 Å². The number of aromatic nitrogens is 2. The van der Waals surface area contributed by atoms with Crippen molar-refractivity contribution in [2.75, 3.05) is 11.1 Å². The summed E-state index contributed by atoms with van der Waals surface area (Å²) in [6.07, 6.45) is 4.26. The van der Waals surface area contributed by atoms with Gasteiger partial charge in [0.15, 0.2) is 4.34 Å². The van der Waals surface area contributed by atoms with Crippen LogP contribution in [0.15, 0.2) is 9.85 Å². The molecule has 0 saturated carbocycles. The van der Waals surface area contributed by atoms with Gasteiger partial charge in [0.1, 0.15) is 16.6 Å². The molecule has 2 aromatic heterocycles. The van der Waals surface area contributed by atoms with Crippen LogP contribution in [-0.2, 0) is 17.6 Å². The van der Waals surface area contributed by atoms with E-state index in [4.69, 9.17) is 0 Å². The fourth-order valence-electron chi connectivity index (χ4n) is 2.29. The molecule has 2 aromatic rings. The van der Waals surface area contributed by atoms with Crippen LogP contribution in [0.4, 0.5) is 5.00 Å². The van der Waals surface area contributed by atoms with Crippen LogP contribution < -0.4 is 5.32 Å². The van der Waals surface area contributed by atoms with Gasteiger partial charge in [-0.1, -0.05) is 23.1 Å². The zero-order chi connectivity index (χ0) is 14.7. The monoisotopic (exact) mass is 336 g/mol. The van der Waals surface area contributed by atoms with Crippen LogP contribution in [0.25, 0.3) is 0 Å². The van der Waals surface area contributed by atoms with E-state index in [1.807, 2.05) is 0 Å². The third kappa shape index (κ3) is 3.26. The number of nitrogens with zero attached hydrogens (tertiary/aromatic N) is 3. The number of amides is 1. The molecule has 1 aliphatic rings. The number of aryl methyl sites for hydroxylation is 1. The predicted octanol–water partition coefficient (Wildman–Crippen LogP) is 3.08. The smallest absolute Gasteiger partial charge is 0.235 e. The van der Waals surface area contributed by atoms with Crippen LogP contribution in [-0.4, -0.2) is 21.9 Å². The minimum Gasteiger partial charge on any atom is -0.316 e. The first-order valence-corrected chi connectivity index (χ1v) is 9.19. The number of carbonyl (C=O) groups excluding carboxylic acids is 1. The Morgan fingerprint density at radius 3 is 3.10 bits per heavy atom. The average molecular weight is 336 g/mol. The molecule has 0 unspecified atom stereocenters. The van der Waals surface area contributed by atoms with Gasteiger partial charge in [-0.15, -0.1) is 21.5 Å². The molecule has 1 amide bonds. The Morgan fingerprint density at radius 1 is 1.48 bits per heavy atom. The second-order valence-electron chi connectivity index (χ2n) is 4.57. The third-order valence-electron chi connectivity index (χ3n) is 3.20. The summed E-state index contributed by atoms with van der Waals surface area (Å²) in [6.45, 7) is 0. The lowest BCUT2D eigenvalue weighted by Crippen LogP contribution is -2.13. The zero-order valence-corrected chi connectivity index (χ0v) is 13.5. The van der Waals surface area contributed by atoms with E-state index < -0.39 is 0 Å². The molecule has 1 N–H and O–H groups in total. The summed E-state index contributed by atoms with van der Waals surface area (Å²) in [6, 6.07) is 2.25. The lowest BCUT2D eigenvalue weighted by atomic mass is 9.96. The highest BCUT2D eigenvalue weighted by Gasteiger charge is 2.21. The van der Waals surface area contributed by atoms with E-state index in [2.05, 4.69) is 21.6 Å². The molecule has 2 heterocycles. The van der Waals surface area contributed by atoms with Crippen molar-refractivity contribution in [1.29, 1.82) is 5.26 Å². The number of anilines is 1. The first-order chi connectivity index (χ1) is 10.3. The number of nitriles is 1. The lowest BCUT2D eigenvalue weighted by molar-refractivity contribution is -0.113. The molecule has 0 bridgehead atoms. The van der Waals surface area contributed by atoms with Crippen molar-refractivity contribution in [2.24, 2.45) is 0 Å². The molecule has 0 spiro atoms. The molecule has 21 heavy (non-hydrogen) atoms. The Labute approximate surface area is 134 Å². The highest BCUT2D eigenvalue weighted by molar-refractivity contribution is 8.01. The maximum absolute atomic E-state index is 12.0. The van der Waals surface area contributed by atoms with Gasteiger partial charge in [-0.2, -0.15) is 5.26 Å². The van der Waals surface area contributed by atoms with E-state index in [0.717, 1.165) is 29.2 Å². The van der Waals surface area contributed by atoms with Gasteiger partial charge in [0.05, 0.1) is 11.3 Å². The standard InChI is InChI=1S/C13H12N4OS3/c14-5-9-8-3-1-2-4-10(8)21-12(9)16-11(18)6-19-13-17-15-7-20-13/h7H,1-4,6H2,(H,16,18). The van der Waals surface area contributed by atoms with Crippen LogP contribution >= 0.6 is 34.4 Å². The SMILES string of the molecule is N#Cc1c(NC(=O)CSc2nncs2)sc2c1CCCC2. The summed E-state index contributed by atoms with van der Waals surface area (Å²) in [7, 11) is 0. The van der Waals surface area contributed by atoms with Crippen molar-refractivity contribution in [3.05, 3.63) is 21.5 Å². The first-order valence-electron chi connectivity index (χ1n) is 6.51. The molecule has 0 aromatic carbocycles. The molecule has 0 fully saturated rings. The van der Waals surface area contributed by atoms with E-state index in [1.54, 1.807) is 16.8 Å². The summed E-state index contributed by atoms with van der Waals surface area (Å²) >= 11 is 4.32. The average Bonchev–Trinajstić information content (AvgIpc) is 3.12.